The Balaban J connectivity index is 1.71. The molecule has 1 aromatic heterocycles. The number of aromatic nitrogens is 1. The zero-order valence-corrected chi connectivity index (χ0v) is 13.3. The van der Waals surface area contributed by atoms with Crippen LogP contribution < -0.4 is 5.73 Å². The average Bonchev–Trinajstić information content (AvgIpc) is 3.18. The smallest absolute Gasteiger partial charge is 0.265 e. The highest BCUT2D eigenvalue weighted by Gasteiger charge is 2.39. The van der Waals surface area contributed by atoms with Crippen molar-refractivity contribution in [1.29, 1.82) is 0 Å². The van der Waals surface area contributed by atoms with E-state index in [0.29, 0.717) is 19.0 Å². The summed E-state index contributed by atoms with van der Waals surface area (Å²) in [6, 6.07) is 0. The molecule has 6 nitrogen and oxygen atoms in total. The van der Waals surface area contributed by atoms with Crippen LogP contribution in [0.15, 0.2) is 5.51 Å². The Kier molecular flexibility index (Phi) is 4.18. The molecule has 1 saturated heterocycles. The second-order valence-electron chi connectivity index (χ2n) is 6.24. The number of nitrogens with two attached hydrogens (primary N) is 1. The molecule has 1 aliphatic heterocycles. The Labute approximate surface area is 133 Å². The molecule has 2 fully saturated rings. The summed E-state index contributed by atoms with van der Waals surface area (Å²) < 4.78 is 0. The number of hydrogen-bond acceptors (Lipinski definition) is 5. The van der Waals surface area contributed by atoms with Crippen molar-refractivity contribution in [3.05, 3.63) is 16.1 Å². The van der Waals surface area contributed by atoms with Gasteiger partial charge in [-0.05, 0) is 12.8 Å². The summed E-state index contributed by atoms with van der Waals surface area (Å²) in [4.78, 5) is 30.8. The first kappa shape index (κ1) is 15.4. The van der Waals surface area contributed by atoms with Gasteiger partial charge in [-0.2, -0.15) is 0 Å². The zero-order chi connectivity index (χ0) is 15.7. The summed E-state index contributed by atoms with van der Waals surface area (Å²) in [5.74, 6) is -0.336. The van der Waals surface area contributed by atoms with Gasteiger partial charge in [0.1, 0.15) is 10.5 Å². The Morgan fingerprint density at radius 3 is 2.55 bits per heavy atom. The van der Waals surface area contributed by atoms with Crippen LogP contribution in [0.25, 0.3) is 0 Å². The number of aliphatic hydroxyl groups is 1. The van der Waals surface area contributed by atoms with Crippen LogP contribution in [0.5, 0.6) is 0 Å². The van der Waals surface area contributed by atoms with Gasteiger partial charge in [-0.15, -0.1) is 11.3 Å². The summed E-state index contributed by atoms with van der Waals surface area (Å²) in [5.41, 5.74) is 6.42. The molecule has 3 N–H and O–H groups in total. The second kappa shape index (κ2) is 5.96. The van der Waals surface area contributed by atoms with Crippen LogP contribution in [0.4, 0.5) is 0 Å². The minimum atomic E-state index is -1.47. The number of carbonyl (C=O) groups is 2. The third-order valence-electron chi connectivity index (χ3n) is 4.87. The van der Waals surface area contributed by atoms with Gasteiger partial charge < -0.3 is 15.7 Å². The van der Waals surface area contributed by atoms with Gasteiger partial charge in [-0.25, -0.2) is 4.98 Å². The molecule has 1 aliphatic carbocycles. The molecule has 2 aliphatic rings. The minimum Gasteiger partial charge on any atom is -0.380 e. The molecule has 0 bridgehead atoms. The van der Waals surface area contributed by atoms with Gasteiger partial charge in [-0.3, -0.25) is 9.59 Å². The van der Waals surface area contributed by atoms with Crippen molar-refractivity contribution in [3.63, 3.8) is 0 Å². The Morgan fingerprint density at radius 2 is 1.95 bits per heavy atom. The van der Waals surface area contributed by atoms with Crippen LogP contribution in [0.3, 0.4) is 0 Å². The van der Waals surface area contributed by atoms with E-state index in [9.17, 15) is 14.7 Å². The van der Waals surface area contributed by atoms with E-state index in [2.05, 4.69) is 4.98 Å². The molecule has 0 spiro atoms. The minimum absolute atomic E-state index is 0.0316. The summed E-state index contributed by atoms with van der Waals surface area (Å²) in [5, 5.41) is 10.1. The molecule has 0 atom stereocenters. The van der Waals surface area contributed by atoms with Crippen LogP contribution in [0.2, 0.25) is 0 Å². The molecule has 2 amide bonds. The lowest BCUT2D eigenvalue weighted by Gasteiger charge is -2.36. The molecule has 0 aromatic carbocycles. The quantitative estimate of drug-likeness (QED) is 0.875. The van der Waals surface area contributed by atoms with Crippen molar-refractivity contribution < 1.29 is 14.7 Å². The predicted molar refractivity (Wildman–Crippen MR) is 82.6 cm³/mol. The van der Waals surface area contributed by atoms with Gasteiger partial charge in [0.25, 0.3) is 5.91 Å². The number of likely N-dealkylation sites (tertiary alicyclic amines) is 1. The molecular weight excluding hydrogens is 302 g/mol. The van der Waals surface area contributed by atoms with E-state index in [1.54, 1.807) is 10.4 Å². The van der Waals surface area contributed by atoms with Gasteiger partial charge in [0.05, 0.1) is 11.2 Å². The monoisotopic (exact) mass is 323 g/mol. The molecule has 2 heterocycles. The molecule has 120 valence electrons. The maximum absolute atomic E-state index is 12.7. The molecule has 1 aromatic rings. The SMILES string of the molecule is NC(=O)C1(O)CCN(C(=O)c2scnc2C2CCCC2)CC1. The molecule has 0 radical (unpaired) electrons. The van der Waals surface area contributed by atoms with Gasteiger partial charge in [-0.1, -0.05) is 12.8 Å². The zero-order valence-electron chi connectivity index (χ0n) is 12.5. The predicted octanol–water partition coefficient (Wildman–Crippen LogP) is 1.25. The van der Waals surface area contributed by atoms with Crippen LogP contribution in [-0.2, 0) is 4.79 Å². The molecule has 1 saturated carbocycles. The number of hydrogen-bond donors (Lipinski definition) is 2. The van der Waals surface area contributed by atoms with Crippen LogP contribution >= 0.6 is 11.3 Å². The van der Waals surface area contributed by atoms with Gasteiger partial charge >= 0.3 is 0 Å². The number of carbonyl (C=O) groups excluding carboxylic acids is 2. The van der Waals surface area contributed by atoms with Crippen molar-refractivity contribution in [2.24, 2.45) is 5.73 Å². The number of nitrogens with zero attached hydrogens (tertiary/aromatic N) is 2. The number of amides is 2. The number of thiazole rings is 1. The van der Waals surface area contributed by atoms with Crippen molar-refractivity contribution in [2.75, 3.05) is 13.1 Å². The second-order valence-corrected chi connectivity index (χ2v) is 7.09. The van der Waals surface area contributed by atoms with Gasteiger partial charge in [0, 0.05) is 31.8 Å². The molecule has 22 heavy (non-hydrogen) atoms. The molecular formula is C15H21N3O3S. The number of rotatable bonds is 3. The van der Waals surface area contributed by atoms with Crippen molar-refractivity contribution in [2.45, 2.75) is 50.0 Å². The Morgan fingerprint density at radius 1 is 1.32 bits per heavy atom. The maximum Gasteiger partial charge on any atom is 0.265 e. The fraction of sp³-hybridized carbons (Fsp3) is 0.667. The lowest BCUT2D eigenvalue weighted by Crippen LogP contribution is -2.53. The fourth-order valence-electron chi connectivity index (χ4n) is 3.37. The first-order valence-corrected chi connectivity index (χ1v) is 8.64. The lowest BCUT2D eigenvalue weighted by molar-refractivity contribution is -0.140. The number of primary amides is 1. The van der Waals surface area contributed by atoms with Crippen LogP contribution in [-0.4, -0.2) is 45.5 Å². The van der Waals surface area contributed by atoms with E-state index in [-0.39, 0.29) is 18.7 Å². The van der Waals surface area contributed by atoms with Crippen molar-refractivity contribution in [3.8, 4) is 0 Å². The summed E-state index contributed by atoms with van der Waals surface area (Å²) in [7, 11) is 0. The normalized spacial score (nSPS) is 22.0. The standard InChI is InChI=1S/C15H21N3O3S/c16-14(20)15(21)5-7-18(8-6-15)13(19)12-11(17-9-22-12)10-3-1-2-4-10/h9-10,21H,1-8H2,(H2,16,20). The van der Waals surface area contributed by atoms with Crippen LogP contribution in [0.1, 0.15) is 59.8 Å². The fourth-order valence-corrected chi connectivity index (χ4v) is 4.22. The van der Waals surface area contributed by atoms with Crippen molar-refractivity contribution >= 4 is 23.2 Å². The van der Waals surface area contributed by atoms with E-state index in [4.69, 9.17) is 5.73 Å². The summed E-state index contributed by atoms with van der Waals surface area (Å²) >= 11 is 1.39. The van der Waals surface area contributed by atoms with Gasteiger partial charge in [0.15, 0.2) is 0 Å². The van der Waals surface area contributed by atoms with E-state index >= 15 is 0 Å². The summed E-state index contributed by atoms with van der Waals surface area (Å²) in [6.07, 6.45) is 5.00. The van der Waals surface area contributed by atoms with E-state index < -0.39 is 11.5 Å². The highest BCUT2D eigenvalue weighted by Crippen LogP contribution is 2.37. The topological polar surface area (TPSA) is 96.5 Å². The average molecular weight is 323 g/mol. The highest BCUT2D eigenvalue weighted by molar-refractivity contribution is 7.11. The molecule has 3 rings (SSSR count). The van der Waals surface area contributed by atoms with Gasteiger partial charge in [0.2, 0.25) is 5.91 Å². The van der Waals surface area contributed by atoms with Crippen molar-refractivity contribution in [1.82, 2.24) is 9.88 Å². The lowest BCUT2D eigenvalue weighted by atomic mass is 9.90. The Hall–Kier alpha value is -1.47. The Bertz CT molecular complexity index is 572. The maximum atomic E-state index is 12.7. The third-order valence-corrected chi connectivity index (χ3v) is 5.70. The van der Waals surface area contributed by atoms with E-state index in [0.717, 1.165) is 23.4 Å². The largest absolute Gasteiger partial charge is 0.380 e. The van der Waals surface area contributed by atoms with E-state index in [1.165, 1.54) is 24.2 Å². The first-order chi connectivity index (χ1) is 10.5. The highest BCUT2D eigenvalue weighted by atomic mass is 32.1. The number of piperidine rings is 1. The molecule has 0 unspecified atom stereocenters. The first-order valence-electron chi connectivity index (χ1n) is 7.76. The van der Waals surface area contributed by atoms with Crippen LogP contribution in [0, 0.1) is 0 Å². The summed E-state index contributed by atoms with van der Waals surface area (Å²) in [6.45, 7) is 0.695. The molecule has 7 heteroatoms. The third kappa shape index (κ3) is 2.75. The van der Waals surface area contributed by atoms with E-state index in [1.807, 2.05) is 0 Å².